The van der Waals surface area contributed by atoms with Gasteiger partial charge in [-0.25, -0.2) is 8.42 Å². The Morgan fingerprint density at radius 3 is 2.16 bits per heavy atom. The molecule has 31 heavy (non-hydrogen) atoms. The van der Waals surface area contributed by atoms with Gasteiger partial charge in [-0.2, -0.15) is 4.31 Å². The normalized spacial score (nSPS) is 18.6. The number of amides is 1. The monoisotopic (exact) mass is 441 g/mol. The van der Waals surface area contributed by atoms with Gasteiger partial charge >= 0.3 is 0 Å². The van der Waals surface area contributed by atoms with Crippen LogP contribution in [0, 0.1) is 5.92 Å². The predicted octanol–water partition coefficient (Wildman–Crippen LogP) is 3.39. The molecule has 0 aromatic heterocycles. The zero-order valence-electron chi connectivity index (χ0n) is 17.9. The van der Waals surface area contributed by atoms with Crippen molar-refractivity contribution in [2.75, 3.05) is 31.1 Å². The van der Waals surface area contributed by atoms with Gasteiger partial charge in [-0.15, -0.1) is 0 Å². The summed E-state index contributed by atoms with van der Waals surface area (Å²) < 4.78 is 27.0. The molecule has 0 aliphatic carbocycles. The Kier molecular flexibility index (Phi) is 6.92. The molecule has 6 nitrogen and oxygen atoms in total. The van der Waals surface area contributed by atoms with Crippen LogP contribution >= 0.6 is 0 Å². The summed E-state index contributed by atoms with van der Waals surface area (Å²) in [5, 5.41) is 3.03. The third-order valence-corrected chi connectivity index (χ3v) is 8.24. The number of carbonyl (C=O) groups is 1. The van der Waals surface area contributed by atoms with Crippen molar-refractivity contribution in [3.8, 4) is 0 Å². The standard InChI is InChI=1S/C24H31N3O3S/c28-24(25-19-20-9-11-22(12-10-20)26-15-5-2-6-16-26)21-13-17-27(18-14-21)31(29,30)23-7-3-1-4-8-23/h1,3-4,7-12,21H,2,5-6,13-19H2,(H,25,28). The molecule has 4 rings (SSSR count). The maximum absolute atomic E-state index is 12.7. The van der Waals surface area contributed by atoms with E-state index < -0.39 is 10.0 Å². The van der Waals surface area contributed by atoms with Crippen LogP contribution in [-0.4, -0.2) is 44.8 Å². The zero-order valence-corrected chi connectivity index (χ0v) is 18.7. The fourth-order valence-corrected chi connectivity index (χ4v) is 5.90. The second-order valence-corrected chi connectivity index (χ2v) is 10.4. The smallest absolute Gasteiger partial charge is 0.243 e. The minimum Gasteiger partial charge on any atom is -0.372 e. The number of rotatable bonds is 6. The fourth-order valence-electron chi connectivity index (χ4n) is 4.41. The maximum Gasteiger partial charge on any atom is 0.243 e. The maximum atomic E-state index is 12.7. The molecule has 0 atom stereocenters. The quantitative estimate of drug-likeness (QED) is 0.746. The lowest BCUT2D eigenvalue weighted by atomic mass is 9.97. The van der Waals surface area contributed by atoms with Crippen molar-refractivity contribution >= 4 is 21.6 Å². The van der Waals surface area contributed by atoms with Gasteiger partial charge in [-0.3, -0.25) is 4.79 Å². The van der Waals surface area contributed by atoms with Crippen molar-refractivity contribution in [1.29, 1.82) is 0 Å². The summed E-state index contributed by atoms with van der Waals surface area (Å²) in [4.78, 5) is 15.4. The van der Waals surface area contributed by atoms with Gasteiger partial charge < -0.3 is 10.2 Å². The summed E-state index contributed by atoms with van der Waals surface area (Å²) in [5.74, 6) is -0.133. The Balaban J connectivity index is 1.26. The largest absolute Gasteiger partial charge is 0.372 e. The van der Waals surface area contributed by atoms with Crippen molar-refractivity contribution in [2.45, 2.75) is 43.5 Å². The Hall–Kier alpha value is -2.38. The Bertz CT molecular complexity index is 963. The highest BCUT2D eigenvalue weighted by Gasteiger charge is 2.31. The lowest BCUT2D eigenvalue weighted by Crippen LogP contribution is -2.42. The van der Waals surface area contributed by atoms with Crippen molar-refractivity contribution in [1.82, 2.24) is 9.62 Å². The van der Waals surface area contributed by atoms with Crippen molar-refractivity contribution < 1.29 is 13.2 Å². The van der Waals surface area contributed by atoms with Crippen LogP contribution < -0.4 is 10.2 Å². The predicted molar refractivity (Wildman–Crippen MR) is 122 cm³/mol. The van der Waals surface area contributed by atoms with Crippen LogP contribution in [0.2, 0.25) is 0 Å². The van der Waals surface area contributed by atoms with E-state index in [0.717, 1.165) is 18.7 Å². The summed E-state index contributed by atoms with van der Waals surface area (Å²) in [6, 6.07) is 16.9. The molecule has 2 aliphatic rings. The van der Waals surface area contributed by atoms with Gasteiger partial charge in [0.1, 0.15) is 0 Å². The first-order chi connectivity index (χ1) is 15.0. The minimum atomic E-state index is -3.48. The molecule has 2 fully saturated rings. The van der Waals surface area contributed by atoms with Crippen LogP contribution in [0.15, 0.2) is 59.5 Å². The molecule has 0 saturated carbocycles. The molecule has 2 heterocycles. The highest BCUT2D eigenvalue weighted by Crippen LogP contribution is 2.24. The first-order valence-corrected chi connectivity index (χ1v) is 12.6. The zero-order chi connectivity index (χ0) is 21.7. The first-order valence-electron chi connectivity index (χ1n) is 11.2. The Labute approximate surface area is 185 Å². The van der Waals surface area contributed by atoms with E-state index >= 15 is 0 Å². The SMILES string of the molecule is O=C(NCc1ccc(N2CCCCC2)cc1)C1CCN(S(=O)(=O)c2ccccc2)CC1. The van der Waals surface area contributed by atoms with Gasteiger partial charge in [0.15, 0.2) is 0 Å². The molecule has 2 aliphatic heterocycles. The molecule has 0 radical (unpaired) electrons. The van der Waals surface area contributed by atoms with E-state index in [0.29, 0.717) is 37.4 Å². The molecule has 0 spiro atoms. The molecular weight excluding hydrogens is 410 g/mol. The molecule has 1 N–H and O–H groups in total. The number of carbonyl (C=O) groups excluding carboxylic acids is 1. The number of piperidine rings is 2. The van der Waals surface area contributed by atoms with Crippen LogP contribution in [-0.2, 0) is 21.4 Å². The lowest BCUT2D eigenvalue weighted by Gasteiger charge is -2.30. The highest BCUT2D eigenvalue weighted by molar-refractivity contribution is 7.89. The Morgan fingerprint density at radius 2 is 1.52 bits per heavy atom. The van der Waals surface area contributed by atoms with Gasteiger partial charge in [0, 0.05) is 44.3 Å². The molecule has 0 unspecified atom stereocenters. The number of nitrogens with zero attached hydrogens (tertiary/aromatic N) is 2. The van der Waals surface area contributed by atoms with Crippen LogP contribution in [0.1, 0.15) is 37.7 Å². The van der Waals surface area contributed by atoms with Crippen molar-refractivity contribution in [3.05, 3.63) is 60.2 Å². The topological polar surface area (TPSA) is 69.7 Å². The number of anilines is 1. The number of hydrogen-bond acceptors (Lipinski definition) is 4. The summed E-state index contributed by atoms with van der Waals surface area (Å²) in [7, 11) is -3.48. The molecule has 1 amide bonds. The van der Waals surface area contributed by atoms with E-state index in [1.165, 1.54) is 29.3 Å². The third-order valence-electron chi connectivity index (χ3n) is 6.33. The summed E-state index contributed by atoms with van der Waals surface area (Å²) >= 11 is 0. The number of nitrogens with one attached hydrogen (secondary N) is 1. The third kappa shape index (κ3) is 5.28. The van der Waals surface area contributed by atoms with E-state index in [4.69, 9.17) is 0 Å². The molecule has 2 aromatic carbocycles. The second kappa shape index (κ2) is 9.83. The molecule has 0 bridgehead atoms. The van der Waals surface area contributed by atoms with Crippen LogP contribution in [0.25, 0.3) is 0 Å². The number of sulfonamides is 1. The van der Waals surface area contributed by atoms with E-state index in [-0.39, 0.29) is 11.8 Å². The van der Waals surface area contributed by atoms with Gasteiger partial charge in [0.25, 0.3) is 0 Å². The van der Waals surface area contributed by atoms with Crippen molar-refractivity contribution in [3.63, 3.8) is 0 Å². The highest BCUT2D eigenvalue weighted by atomic mass is 32.2. The summed E-state index contributed by atoms with van der Waals surface area (Å²) in [6.45, 7) is 3.49. The molecule has 2 saturated heterocycles. The van der Waals surface area contributed by atoms with E-state index in [2.05, 4.69) is 34.5 Å². The first kappa shape index (κ1) is 21.8. The lowest BCUT2D eigenvalue weighted by molar-refractivity contribution is -0.126. The minimum absolute atomic E-state index is 0.0110. The second-order valence-electron chi connectivity index (χ2n) is 8.42. The van der Waals surface area contributed by atoms with Crippen LogP contribution in [0.4, 0.5) is 5.69 Å². The molecule has 2 aromatic rings. The summed E-state index contributed by atoms with van der Waals surface area (Å²) in [5.41, 5.74) is 2.33. The molecule has 166 valence electrons. The average molecular weight is 442 g/mol. The molecular formula is C24H31N3O3S. The summed E-state index contributed by atoms with van der Waals surface area (Å²) in [6.07, 6.45) is 4.92. The van der Waals surface area contributed by atoms with Crippen molar-refractivity contribution in [2.24, 2.45) is 5.92 Å². The fraction of sp³-hybridized carbons (Fsp3) is 0.458. The Morgan fingerprint density at radius 1 is 0.871 bits per heavy atom. The van der Waals surface area contributed by atoms with Gasteiger partial charge in [0.2, 0.25) is 15.9 Å². The van der Waals surface area contributed by atoms with Gasteiger partial charge in [-0.05, 0) is 61.9 Å². The average Bonchev–Trinajstić information content (AvgIpc) is 2.84. The van der Waals surface area contributed by atoms with E-state index in [1.807, 2.05) is 0 Å². The van der Waals surface area contributed by atoms with E-state index in [1.54, 1.807) is 30.3 Å². The van der Waals surface area contributed by atoms with Crippen LogP contribution in [0.3, 0.4) is 0 Å². The van der Waals surface area contributed by atoms with Gasteiger partial charge in [-0.1, -0.05) is 30.3 Å². The number of hydrogen-bond donors (Lipinski definition) is 1. The van der Waals surface area contributed by atoms with Gasteiger partial charge in [0.05, 0.1) is 4.90 Å². The number of benzene rings is 2. The van der Waals surface area contributed by atoms with E-state index in [9.17, 15) is 13.2 Å². The van der Waals surface area contributed by atoms with Crippen LogP contribution in [0.5, 0.6) is 0 Å². The molecule has 7 heteroatoms.